The van der Waals surface area contributed by atoms with Gasteiger partial charge < -0.3 is 19.7 Å². The van der Waals surface area contributed by atoms with Crippen LogP contribution in [0.2, 0.25) is 0 Å². The van der Waals surface area contributed by atoms with E-state index in [0.717, 1.165) is 40.2 Å². The molecule has 198 valence electrons. The Hall–Kier alpha value is -3.39. The molecular weight excluding hydrogens is 492 g/mol. The number of hydrogen-bond donors (Lipinski definition) is 2. The number of ether oxygens (including phenoxy) is 2. The van der Waals surface area contributed by atoms with Gasteiger partial charge in [-0.15, -0.1) is 11.3 Å². The van der Waals surface area contributed by atoms with E-state index in [2.05, 4.69) is 6.92 Å². The van der Waals surface area contributed by atoms with Crippen LogP contribution in [0.3, 0.4) is 0 Å². The molecule has 0 bridgehead atoms. The zero-order valence-corrected chi connectivity index (χ0v) is 22.4. The quantitative estimate of drug-likeness (QED) is 0.198. The van der Waals surface area contributed by atoms with Crippen molar-refractivity contribution in [3.05, 3.63) is 62.1 Å². The maximum Gasteiger partial charge on any atom is 0.303 e. The number of aromatic hydroxyl groups is 1. The number of aliphatic carboxylic acids is 1. The lowest BCUT2D eigenvalue weighted by atomic mass is 10.0. The zero-order valence-electron chi connectivity index (χ0n) is 21.6. The van der Waals surface area contributed by atoms with Gasteiger partial charge in [-0.05, 0) is 56.5 Å². The number of carbonyl (C=O) groups excluding carboxylic acids is 1. The molecule has 0 saturated heterocycles. The van der Waals surface area contributed by atoms with E-state index in [0.29, 0.717) is 54.7 Å². The van der Waals surface area contributed by atoms with Crippen molar-refractivity contribution in [1.82, 2.24) is 0 Å². The highest BCUT2D eigenvalue weighted by atomic mass is 32.1. The molecule has 1 aromatic heterocycles. The summed E-state index contributed by atoms with van der Waals surface area (Å²) in [5.74, 6) is 0.202. The van der Waals surface area contributed by atoms with Gasteiger partial charge in [-0.2, -0.15) is 0 Å². The molecule has 0 amide bonds. The van der Waals surface area contributed by atoms with Gasteiger partial charge in [-0.1, -0.05) is 26.7 Å². The number of aryl methyl sites for hydroxylation is 2. The fraction of sp³-hybridized carbons (Fsp3) is 0.414. The van der Waals surface area contributed by atoms with Gasteiger partial charge in [0.2, 0.25) is 0 Å². The first-order valence-corrected chi connectivity index (χ1v) is 13.5. The monoisotopic (exact) mass is 526 g/mol. The Morgan fingerprint density at radius 2 is 1.54 bits per heavy atom. The number of benzene rings is 2. The molecule has 0 spiro atoms. The lowest BCUT2D eigenvalue weighted by Crippen LogP contribution is -2.09. The number of rotatable bonds is 14. The van der Waals surface area contributed by atoms with Crippen molar-refractivity contribution >= 4 is 33.2 Å². The molecule has 7 nitrogen and oxygen atoms in total. The van der Waals surface area contributed by atoms with Crippen molar-refractivity contribution < 1.29 is 29.3 Å². The second kappa shape index (κ2) is 13.2. The van der Waals surface area contributed by atoms with Gasteiger partial charge in [-0.3, -0.25) is 14.4 Å². The highest BCUT2D eigenvalue weighted by Crippen LogP contribution is 2.34. The molecule has 0 aliphatic rings. The van der Waals surface area contributed by atoms with Crippen LogP contribution in [0.5, 0.6) is 17.2 Å². The van der Waals surface area contributed by atoms with Crippen LogP contribution in [0.25, 0.3) is 10.1 Å². The van der Waals surface area contributed by atoms with Crippen molar-refractivity contribution in [2.45, 2.75) is 65.7 Å². The number of Topliss-reactive ketones (excluding diaryl/α,β-unsaturated/α-hetero) is 1. The van der Waals surface area contributed by atoms with Crippen molar-refractivity contribution in [3.8, 4) is 17.2 Å². The average Bonchev–Trinajstić information content (AvgIpc) is 2.85. The highest BCUT2D eigenvalue weighted by molar-refractivity contribution is 7.18. The number of carboxylic acid groups (broad SMARTS) is 1. The minimum atomic E-state index is -0.889. The lowest BCUT2D eigenvalue weighted by molar-refractivity contribution is -0.136. The molecule has 0 saturated carbocycles. The Labute approximate surface area is 220 Å². The molecule has 2 N–H and O–H groups in total. The van der Waals surface area contributed by atoms with Gasteiger partial charge in [-0.25, -0.2) is 0 Å². The second-order valence-corrected chi connectivity index (χ2v) is 10.1. The van der Waals surface area contributed by atoms with Gasteiger partial charge >= 0.3 is 5.97 Å². The third-order valence-corrected chi connectivity index (χ3v) is 7.27. The Kier molecular flexibility index (Phi) is 10.1. The summed E-state index contributed by atoms with van der Waals surface area (Å²) in [5, 5.41) is 20.2. The molecule has 0 radical (unpaired) electrons. The summed E-state index contributed by atoms with van der Waals surface area (Å²) in [6.07, 6.45) is 3.92. The second-order valence-electron chi connectivity index (χ2n) is 8.93. The number of phenols is 1. The number of carboxylic acids is 1. The molecular formula is C29H34O7S. The summed E-state index contributed by atoms with van der Waals surface area (Å²) < 4.78 is 12.9. The van der Waals surface area contributed by atoms with Crippen LogP contribution in [-0.4, -0.2) is 35.2 Å². The summed E-state index contributed by atoms with van der Waals surface area (Å²) in [6.45, 7) is 6.27. The van der Waals surface area contributed by atoms with Crippen molar-refractivity contribution in [2.24, 2.45) is 0 Å². The zero-order chi connectivity index (χ0) is 26.9. The summed E-state index contributed by atoms with van der Waals surface area (Å²) in [5.41, 5.74) is 1.81. The predicted octanol–water partition coefficient (Wildman–Crippen LogP) is 5.94. The number of phenolic OH excluding ortho intramolecular Hbond substituents is 1. The number of carbonyl (C=O) groups is 2. The van der Waals surface area contributed by atoms with Crippen molar-refractivity contribution in [1.29, 1.82) is 0 Å². The van der Waals surface area contributed by atoms with E-state index < -0.39 is 5.97 Å². The predicted molar refractivity (Wildman–Crippen MR) is 146 cm³/mol. The van der Waals surface area contributed by atoms with Gasteiger partial charge in [0.15, 0.2) is 11.2 Å². The van der Waals surface area contributed by atoms with Crippen LogP contribution in [0.15, 0.2) is 35.1 Å². The molecule has 8 heteroatoms. The van der Waals surface area contributed by atoms with E-state index in [1.165, 1.54) is 24.3 Å². The first-order chi connectivity index (χ1) is 17.8. The third kappa shape index (κ3) is 7.10. The fourth-order valence-corrected chi connectivity index (χ4v) is 5.47. The van der Waals surface area contributed by atoms with Crippen LogP contribution >= 0.6 is 11.3 Å². The molecule has 0 atom stereocenters. The number of hydrogen-bond acceptors (Lipinski definition) is 7. The van der Waals surface area contributed by atoms with Crippen LogP contribution in [0, 0.1) is 0 Å². The summed E-state index contributed by atoms with van der Waals surface area (Å²) >= 11 is 1.46. The Bertz CT molecular complexity index is 1330. The lowest BCUT2D eigenvalue weighted by Gasteiger charge is -2.16. The van der Waals surface area contributed by atoms with Crippen LogP contribution in [0.1, 0.15) is 72.8 Å². The largest absolute Gasteiger partial charge is 0.507 e. The smallest absolute Gasteiger partial charge is 0.303 e. The molecule has 37 heavy (non-hydrogen) atoms. The van der Waals surface area contributed by atoms with E-state index >= 15 is 0 Å². The normalized spacial score (nSPS) is 11.0. The van der Waals surface area contributed by atoms with Crippen LogP contribution in [-0.2, 0) is 24.1 Å². The average molecular weight is 527 g/mol. The minimum Gasteiger partial charge on any atom is -0.507 e. The van der Waals surface area contributed by atoms with E-state index in [-0.39, 0.29) is 23.4 Å². The van der Waals surface area contributed by atoms with Crippen LogP contribution < -0.4 is 14.9 Å². The van der Waals surface area contributed by atoms with E-state index in [9.17, 15) is 19.5 Å². The summed E-state index contributed by atoms with van der Waals surface area (Å²) in [4.78, 5) is 36.2. The minimum absolute atomic E-state index is 0.00909. The summed E-state index contributed by atoms with van der Waals surface area (Å²) in [7, 11) is 0. The van der Waals surface area contributed by atoms with Gasteiger partial charge in [0.05, 0.1) is 25.2 Å². The third-order valence-electron chi connectivity index (χ3n) is 6.02. The molecule has 0 aliphatic heterocycles. The molecule has 3 aromatic rings. The van der Waals surface area contributed by atoms with Crippen LogP contribution in [0.4, 0.5) is 0 Å². The van der Waals surface area contributed by atoms with E-state index in [4.69, 9.17) is 14.6 Å². The number of ketones is 1. The maximum atomic E-state index is 12.7. The molecule has 0 aliphatic carbocycles. The van der Waals surface area contributed by atoms with Gasteiger partial charge in [0.1, 0.15) is 17.2 Å². The Morgan fingerprint density at radius 1 is 0.919 bits per heavy atom. The van der Waals surface area contributed by atoms with Crippen molar-refractivity contribution in [3.63, 3.8) is 0 Å². The molecule has 0 fully saturated rings. The SMILES string of the molecule is CCCc1c(OCCCOc2ccc3c(=O)cc(CCC(=O)O)sc3c2CCC)ccc(C(C)=O)c1O. The standard InChI is InChI=1S/C29H34O7S/c1-4-7-22-25(12-10-20(18(3)30)28(22)34)35-15-6-16-36-26-13-11-21-24(31)17-19(9-14-27(32)33)37-29(21)23(26)8-5-2/h10-13,17,34H,4-9,14-16H2,1-3H3,(H,32,33). The number of fused-ring (bicyclic) bond motifs is 1. The first kappa shape index (κ1) is 28.2. The molecule has 0 unspecified atom stereocenters. The Balaban J connectivity index is 1.72. The van der Waals surface area contributed by atoms with Crippen molar-refractivity contribution in [2.75, 3.05) is 13.2 Å². The molecule has 3 rings (SSSR count). The van der Waals surface area contributed by atoms with Gasteiger partial charge in [0.25, 0.3) is 0 Å². The highest BCUT2D eigenvalue weighted by Gasteiger charge is 2.16. The molecule has 1 heterocycles. The van der Waals surface area contributed by atoms with Gasteiger partial charge in [0, 0.05) is 32.5 Å². The first-order valence-electron chi connectivity index (χ1n) is 12.7. The van der Waals surface area contributed by atoms with E-state index in [1.54, 1.807) is 18.2 Å². The fourth-order valence-electron chi connectivity index (χ4n) is 4.23. The maximum absolute atomic E-state index is 12.7. The summed E-state index contributed by atoms with van der Waals surface area (Å²) in [6, 6.07) is 8.46. The van der Waals surface area contributed by atoms with E-state index in [1.807, 2.05) is 13.0 Å². The Morgan fingerprint density at radius 3 is 2.16 bits per heavy atom. The molecule has 2 aromatic carbocycles. The topological polar surface area (TPSA) is 110 Å².